The van der Waals surface area contributed by atoms with E-state index >= 15 is 0 Å². The summed E-state index contributed by atoms with van der Waals surface area (Å²) < 4.78 is 0. The SMILES string of the molecule is CC[C@@H](C)c1nc(N2CCN(Cc3ccccc3)CC2)c2c3c(sc2n1)CCCC3. The van der Waals surface area contributed by atoms with Gasteiger partial charge in [-0.15, -0.1) is 11.3 Å². The van der Waals surface area contributed by atoms with E-state index in [0.29, 0.717) is 5.92 Å². The van der Waals surface area contributed by atoms with Gasteiger partial charge in [0.25, 0.3) is 0 Å². The molecule has 4 nitrogen and oxygen atoms in total. The summed E-state index contributed by atoms with van der Waals surface area (Å²) in [4.78, 5) is 18.1. The van der Waals surface area contributed by atoms with E-state index in [1.54, 1.807) is 10.4 Å². The maximum Gasteiger partial charge on any atom is 0.141 e. The Morgan fingerprint density at radius 2 is 1.77 bits per heavy atom. The number of aryl methyl sites for hydroxylation is 2. The van der Waals surface area contributed by atoms with E-state index in [9.17, 15) is 0 Å². The molecule has 5 heteroatoms. The normalized spacial score (nSPS) is 18.5. The summed E-state index contributed by atoms with van der Waals surface area (Å²) in [6.07, 6.45) is 6.12. The van der Waals surface area contributed by atoms with E-state index in [1.807, 2.05) is 11.3 Å². The Morgan fingerprint density at radius 1 is 1.00 bits per heavy atom. The number of piperazine rings is 1. The van der Waals surface area contributed by atoms with Crippen LogP contribution in [0.1, 0.15) is 60.9 Å². The quantitative estimate of drug-likeness (QED) is 0.553. The highest BCUT2D eigenvalue weighted by Crippen LogP contribution is 2.40. The minimum absolute atomic E-state index is 0.409. The molecule has 1 saturated heterocycles. The van der Waals surface area contributed by atoms with Crippen molar-refractivity contribution >= 4 is 27.4 Å². The molecule has 0 amide bonds. The van der Waals surface area contributed by atoms with E-state index in [1.165, 1.54) is 47.3 Å². The monoisotopic (exact) mass is 420 g/mol. The van der Waals surface area contributed by atoms with E-state index in [2.05, 4.69) is 54.0 Å². The van der Waals surface area contributed by atoms with Crippen LogP contribution < -0.4 is 4.90 Å². The molecule has 0 unspecified atom stereocenters. The van der Waals surface area contributed by atoms with Crippen molar-refractivity contribution in [1.82, 2.24) is 14.9 Å². The van der Waals surface area contributed by atoms with Crippen LogP contribution in [0.25, 0.3) is 10.2 Å². The van der Waals surface area contributed by atoms with Crippen molar-refractivity contribution in [3.8, 4) is 0 Å². The molecular formula is C25H32N4S. The second-order valence-electron chi connectivity index (χ2n) is 8.85. The van der Waals surface area contributed by atoms with Gasteiger partial charge in [-0.2, -0.15) is 0 Å². The molecule has 1 atom stereocenters. The zero-order valence-electron chi connectivity index (χ0n) is 18.2. The van der Waals surface area contributed by atoms with Crippen LogP contribution in [0.2, 0.25) is 0 Å². The molecule has 0 spiro atoms. The van der Waals surface area contributed by atoms with Crippen LogP contribution in [0.4, 0.5) is 5.82 Å². The molecule has 1 aromatic carbocycles. The van der Waals surface area contributed by atoms with Crippen LogP contribution in [-0.4, -0.2) is 41.0 Å². The van der Waals surface area contributed by atoms with Gasteiger partial charge in [0.2, 0.25) is 0 Å². The molecule has 0 N–H and O–H groups in total. The molecule has 158 valence electrons. The molecule has 0 bridgehead atoms. The fraction of sp³-hybridized carbons (Fsp3) is 0.520. The topological polar surface area (TPSA) is 32.3 Å². The average Bonchev–Trinajstić information content (AvgIpc) is 3.18. The minimum atomic E-state index is 0.409. The minimum Gasteiger partial charge on any atom is -0.353 e. The first-order valence-electron chi connectivity index (χ1n) is 11.6. The molecular weight excluding hydrogens is 388 g/mol. The second kappa shape index (κ2) is 8.64. The van der Waals surface area contributed by atoms with Crippen molar-refractivity contribution in [1.29, 1.82) is 0 Å². The highest BCUT2D eigenvalue weighted by atomic mass is 32.1. The summed E-state index contributed by atoms with van der Waals surface area (Å²) in [7, 11) is 0. The number of benzene rings is 1. The first-order valence-corrected chi connectivity index (χ1v) is 12.4. The van der Waals surface area contributed by atoms with Crippen LogP contribution in [0.3, 0.4) is 0 Å². The lowest BCUT2D eigenvalue weighted by Crippen LogP contribution is -2.46. The lowest BCUT2D eigenvalue weighted by molar-refractivity contribution is 0.249. The summed E-state index contributed by atoms with van der Waals surface area (Å²) in [5.41, 5.74) is 2.96. The molecule has 30 heavy (non-hydrogen) atoms. The van der Waals surface area contributed by atoms with Crippen molar-refractivity contribution in [2.24, 2.45) is 0 Å². The summed E-state index contributed by atoms with van der Waals surface area (Å²) >= 11 is 1.93. The van der Waals surface area contributed by atoms with Gasteiger partial charge in [-0.05, 0) is 43.2 Å². The van der Waals surface area contributed by atoms with Gasteiger partial charge < -0.3 is 4.90 Å². The van der Waals surface area contributed by atoms with Crippen molar-refractivity contribution < 1.29 is 0 Å². The van der Waals surface area contributed by atoms with Gasteiger partial charge in [0.1, 0.15) is 16.5 Å². The molecule has 5 rings (SSSR count). The first kappa shape index (κ1) is 20.0. The van der Waals surface area contributed by atoms with Crippen molar-refractivity contribution in [3.05, 3.63) is 52.2 Å². The fourth-order valence-electron chi connectivity index (χ4n) is 4.75. The molecule has 1 fully saturated rings. The van der Waals surface area contributed by atoms with E-state index in [-0.39, 0.29) is 0 Å². The van der Waals surface area contributed by atoms with Gasteiger partial charge in [0.05, 0.1) is 5.39 Å². The molecule has 3 aromatic rings. The zero-order chi connectivity index (χ0) is 20.5. The molecule has 0 radical (unpaired) electrons. The number of aromatic nitrogens is 2. The third-order valence-electron chi connectivity index (χ3n) is 6.79. The van der Waals surface area contributed by atoms with Gasteiger partial charge in [0, 0.05) is 43.5 Å². The Kier molecular flexibility index (Phi) is 5.74. The lowest BCUT2D eigenvalue weighted by Gasteiger charge is -2.36. The van der Waals surface area contributed by atoms with E-state index < -0.39 is 0 Å². The Morgan fingerprint density at radius 3 is 2.53 bits per heavy atom. The summed E-state index contributed by atoms with van der Waals surface area (Å²) in [5, 5.41) is 1.37. The summed E-state index contributed by atoms with van der Waals surface area (Å²) in [5.74, 6) is 2.66. The molecule has 0 saturated carbocycles. The number of nitrogens with zero attached hydrogens (tertiary/aromatic N) is 4. The van der Waals surface area contributed by atoms with Crippen LogP contribution in [0.5, 0.6) is 0 Å². The maximum atomic E-state index is 5.19. The fourth-order valence-corrected chi connectivity index (χ4v) is 6.01. The number of thiophene rings is 1. The summed E-state index contributed by atoms with van der Waals surface area (Å²) in [6, 6.07) is 10.8. The standard InChI is InChI=1S/C25H32N4S/c1-3-18(2)23-26-24(22-20-11-7-8-12-21(20)30-25(22)27-23)29-15-13-28(14-16-29)17-19-9-5-4-6-10-19/h4-6,9-10,18H,3,7-8,11-17H2,1-2H3/t18-/m1/s1. The lowest BCUT2D eigenvalue weighted by atomic mass is 9.96. The molecule has 1 aliphatic heterocycles. The maximum absolute atomic E-state index is 5.19. The summed E-state index contributed by atoms with van der Waals surface area (Å²) in [6.45, 7) is 9.81. The third-order valence-corrected chi connectivity index (χ3v) is 7.97. The highest BCUT2D eigenvalue weighted by Gasteiger charge is 2.26. The van der Waals surface area contributed by atoms with Crippen molar-refractivity contribution in [2.45, 2.75) is 58.4 Å². The highest BCUT2D eigenvalue weighted by molar-refractivity contribution is 7.19. The van der Waals surface area contributed by atoms with Gasteiger partial charge >= 0.3 is 0 Å². The molecule has 3 heterocycles. The Hall–Kier alpha value is -1.98. The Bertz CT molecular complexity index is 1000. The zero-order valence-corrected chi connectivity index (χ0v) is 19.0. The number of hydrogen-bond donors (Lipinski definition) is 0. The van der Waals surface area contributed by atoms with Gasteiger partial charge in [0.15, 0.2) is 0 Å². The van der Waals surface area contributed by atoms with E-state index in [0.717, 1.165) is 45.0 Å². The predicted molar refractivity (Wildman–Crippen MR) is 127 cm³/mol. The van der Waals surface area contributed by atoms with E-state index in [4.69, 9.17) is 9.97 Å². The van der Waals surface area contributed by atoms with Crippen LogP contribution in [0.15, 0.2) is 30.3 Å². The van der Waals surface area contributed by atoms with Crippen LogP contribution in [-0.2, 0) is 19.4 Å². The molecule has 2 aromatic heterocycles. The van der Waals surface area contributed by atoms with Gasteiger partial charge in [-0.1, -0.05) is 44.2 Å². The van der Waals surface area contributed by atoms with Crippen molar-refractivity contribution in [3.63, 3.8) is 0 Å². The third kappa shape index (κ3) is 3.85. The average molecular weight is 421 g/mol. The Balaban J connectivity index is 1.43. The predicted octanol–water partition coefficient (Wildman–Crippen LogP) is 5.41. The largest absolute Gasteiger partial charge is 0.353 e. The number of anilines is 1. The van der Waals surface area contributed by atoms with Crippen LogP contribution in [0, 0.1) is 0 Å². The number of rotatable bonds is 5. The molecule has 2 aliphatic rings. The number of fused-ring (bicyclic) bond motifs is 3. The number of hydrogen-bond acceptors (Lipinski definition) is 5. The Labute approximate surface area is 184 Å². The smallest absolute Gasteiger partial charge is 0.141 e. The molecule has 1 aliphatic carbocycles. The van der Waals surface area contributed by atoms with Gasteiger partial charge in [-0.3, -0.25) is 4.90 Å². The van der Waals surface area contributed by atoms with Gasteiger partial charge in [-0.25, -0.2) is 9.97 Å². The van der Waals surface area contributed by atoms with Crippen LogP contribution >= 0.6 is 11.3 Å². The first-order chi connectivity index (χ1) is 14.7. The second-order valence-corrected chi connectivity index (χ2v) is 9.94. The van der Waals surface area contributed by atoms with Crippen molar-refractivity contribution in [2.75, 3.05) is 31.1 Å².